The van der Waals surface area contributed by atoms with Gasteiger partial charge >= 0.3 is 0 Å². The summed E-state index contributed by atoms with van der Waals surface area (Å²) in [7, 11) is -3.51. The van der Waals surface area contributed by atoms with E-state index in [4.69, 9.17) is 4.42 Å². The fraction of sp³-hybridized carbons (Fsp3) is 0.389. The van der Waals surface area contributed by atoms with Gasteiger partial charge in [-0.1, -0.05) is 42.1 Å². The van der Waals surface area contributed by atoms with Crippen LogP contribution in [-0.4, -0.2) is 71.9 Å². The van der Waals surface area contributed by atoms with Crippen molar-refractivity contribution in [2.24, 2.45) is 0 Å². The first kappa shape index (κ1) is 21.9. The van der Waals surface area contributed by atoms with Crippen molar-refractivity contribution < 1.29 is 17.6 Å². The lowest BCUT2D eigenvalue weighted by molar-refractivity contribution is -0.129. The van der Waals surface area contributed by atoms with Crippen LogP contribution in [0.5, 0.6) is 0 Å². The Kier molecular flexibility index (Phi) is 7.76. The van der Waals surface area contributed by atoms with Crippen molar-refractivity contribution in [2.75, 3.05) is 38.2 Å². The van der Waals surface area contributed by atoms with Crippen LogP contribution >= 0.6 is 23.5 Å². The molecule has 8 nitrogen and oxygen atoms in total. The summed E-state index contributed by atoms with van der Waals surface area (Å²) in [6.45, 7) is 1.27. The van der Waals surface area contributed by atoms with E-state index in [9.17, 15) is 13.2 Å². The van der Waals surface area contributed by atoms with Crippen LogP contribution in [0.2, 0.25) is 0 Å². The molecule has 11 heteroatoms. The van der Waals surface area contributed by atoms with Gasteiger partial charge in [0.1, 0.15) is 0 Å². The fourth-order valence-electron chi connectivity index (χ4n) is 2.70. The molecule has 1 aliphatic heterocycles. The third-order valence-corrected chi connectivity index (χ3v) is 7.12. The maximum absolute atomic E-state index is 12.5. The molecule has 1 aromatic heterocycles. The van der Waals surface area contributed by atoms with Crippen molar-refractivity contribution in [1.82, 2.24) is 19.4 Å². The second kappa shape index (κ2) is 10.3. The predicted octanol–water partition coefficient (Wildman–Crippen LogP) is 2.17. The van der Waals surface area contributed by atoms with E-state index in [0.29, 0.717) is 30.0 Å². The molecule has 1 saturated heterocycles. The number of benzene rings is 1. The van der Waals surface area contributed by atoms with Crippen molar-refractivity contribution in [3.05, 3.63) is 47.2 Å². The summed E-state index contributed by atoms with van der Waals surface area (Å²) in [5.41, 5.74) is 0.823. The normalized spacial score (nSPS) is 15.8. The first-order valence-corrected chi connectivity index (χ1v) is 12.8. The molecule has 3 rings (SSSR count). The highest BCUT2D eigenvalue weighted by atomic mass is 32.2. The zero-order chi connectivity index (χ0) is 20.7. The van der Waals surface area contributed by atoms with Crippen molar-refractivity contribution in [1.29, 1.82) is 0 Å². The van der Waals surface area contributed by atoms with E-state index < -0.39 is 10.0 Å². The zero-order valence-corrected chi connectivity index (χ0v) is 18.4. The van der Waals surface area contributed by atoms with Gasteiger partial charge in [0.2, 0.25) is 21.8 Å². The topological polar surface area (TPSA) is 96.6 Å². The van der Waals surface area contributed by atoms with E-state index in [1.54, 1.807) is 22.7 Å². The molecule has 1 aromatic carbocycles. The van der Waals surface area contributed by atoms with Crippen LogP contribution in [-0.2, 0) is 20.6 Å². The number of sulfonamides is 1. The van der Waals surface area contributed by atoms with Crippen LogP contribution in [0.25, 0.3) is 6.08 Å². The third kappa shape index (κ3) is 6.33. The van der Waals surface area contributed by atoms with Gasteiger partial charge in [0, 0.05) is 31.6 Å². The first-order valence-electron chi connectivity index (χ1n) is 8.93. The molecule has 1 amide bonds. The number of hydrogen-bond donors (Lipinski definition) is 0. The van der Waals surface area contributed by atoms with Gasteiger partial charge in [-0.2, -0.15) is 16.1 Å². The second-order valence-corrected chi connectivity index (χ2v) is 9.83. The Hall–Kier alpha value is -1.82. The molecule has 0 radical (unpaired) electrons. The highest BCUT2D eigenvalue weighted by Gasteiger charge is 2.27. The average Bonchev–Trinajstić information content (AvgIpc) is 3.19. The van der Waals surface area contributed by atoms with Gasteiger partial charge in [-0.25, -0.2) is 8.42 Å². The summed E-state index contributed by atoms with van der Waals surface area (Å²) in [5.74, 6) is 1.28. The van der Waals surface area contributed by atoms with Crippen LogP contribution in [0, 0.1) is 0 Å². The summed E-state index contributed by atoms with van der Waals surface area (Å²) in [6, 6.07) is 9.27. The lowest BCUT2D eigenvalue weighted by atomic mass is 10.2. The number of piperazine rings is 1. The number of amides is 1. The molecule has 0 saturated carbocycles. The van der Waals surface area contributed by atoms with Crippen molar-refractivity contribution in [2.45, 2.75) is 11.0 Å². The van der Waals surface area contributed by atoms with Gasteiger partial charge < -0.3 is 9.32 Å². The molecular formula is C18H22N4O4S3. The minimum absolute atomic E-state index is 0.0727. The summed E-state index contributed by atoms with van der Waals surface area (Å²) in [5, 5.41) is 9.41. The van der Waals surface area contributed by atoms with Crippen LogP contribution in [0.3, 0.4) is 0 Å². The molecule has 156 valence electrons. The van der Waals surface area contributed by atoms with Crippen molar-refractivity contribution in [3.63, 3.8) is 0 Å². The van der Waals surface area contributed by atoms with E-state index in [1.165, 1.54) is 21.5 Å². The van der Waals surface area contributed by atoms with Gasteiger partial charge in [-0.15, -0.1) is 10.2 Å². The molecule has 29 heavy (non-hydrogen) atoms. The molecule has 0 N–H and O–H groups in total. The Bertz CT molecular complexity index is 939. The molecule has 0 aliphatic carbocycles. The second-order valence-electron chi connectivity index (χ2n) is 6.22. The van der Waals surface area contributed by atoms with Crippen molar-refractivity contribution >= 4 is 45.5 Å². The number of carbonyl (C=O) groups is 1. The van der Waals surface area contributed by atoms with E-state index in [2.05, 4.69) is 10.2 Å². The van der Waals surface area contributed by atoms with Crippen molar-refractivity contribution in [3.8, 4) is 0 Å². The molecule has 1 aliphatic rings. The van der Waals surface area contributed by atoms with Crippen LogP contribution in [0.4, 0.5) is 0 Å². The molecule has 2 heterocycles. The Morgan fingerprint density at radius 1 is 1.17 bits per heavy atom. The largest absolute Gasteiger partial charge is 0.415 e. The predicted molar refractivity (Wildman–Crippen MR) is 115 cm³/mol. The van der Waals surface area contributed by atoms with Gasteiger partial charge in [0.25, 0.3) is 5.22 Å². The number of hydrogen-bond acceptors (Lipinski definition) is 8. The highest BCUT2D eigenvalue weighted by Crippen LogP contribution is 2.19. The quantitative estimate of drug-likeness (QED) is 0.560. The standard InChI is InChI=1S/C18H22N4O4S3/c1-27-13-16-19-20-18(26-16)28-14-17(23)21-8-10-22(11-9-21)29(24,25)12-7-15-5-3-2-4-6-15/h2-7,12H,8-11,13-14H2,1H3/b12-7+. The zero-order valence-electron chi connectivity index (χ0n) is 15.9. The van der Waals surface area contributed by atoms with Gasteiger partial charge in [0.05, 0.1) is 11.5 Å². The molecule has 0 bridgehead atoms. The molecular weight excluding hydrogens is 432 g/mol. The van der Waals surface area contributed by atoms with E-state index in [-0.39, 0.29) is 24.7 Å². The minimum Gasteiger partial charge on any atom is -0.415 e. The molecule has 2 aromatic rings. The molecule has 0 spiro atoms. The smallest absolute Gasteiger partial charge is 0.277 e. The van der Waals surface area contributed by atoms with Gasteiger partial charge in [-0.3, -0.25) is 4.79 Å². The monoisotopic (exact) mass is 454 g/mol. The number of rotatable bonds is 8. The number of carbonyl (C=O) groups excluding carboxylic acids is 1. The summed E-state index contributed by atoms with van der Waals surface area (Å²) < 4.78 is 31.8. The van der Waals surface area contributed by atoms with Crippen LogP contribution in [0.1, 0.15) is 11.5 Å². The van der Waals surface area contributed by atoms with Crippen LogP contribution < -0.4 is 0 Å². The fourth-order valence-corrected chi connectivity index (χ4v) is 4.92. The Balaban J connectivity index is 1.47. The summed E-state index contributed by atoms with van der Waals surface area (Å²) in [4.78, 5) is 14.1. The molecule has 0 unspecified atom stereocenters. The number of nitrogens with zero attached hydrogens (tertiary/aromatic N) is 4. The average molecular weight is 455 g/mol. The van der Waals surface area contributed by atoms with E-state index in [1.807, 2.05) is 36.6 Å². The van der Waals surface area contributed by atoms with Gasteiger partial charge in [0.15, 0.2) is 0 Å². The Morgan fingerprint density at radius 3 is 2.59 bits per heavy atom. The number of aromatic nitrogens is 2. The number of thioether (sulfide) groups is 2. The van der Waals surface area contributed by atoms with Crippen LogP contribution in [0.15, 0.2) is 45.4 Å². The maximum Gasteiger partial charge on any atom is 0.277 e. The van der Waals surface area contributed by atoms with E-state index in [0.717, 1.165) is 5.56 Å². The lowest BCUT2D eigenvalue weighted by Gasteiger charge is -2.33. The summed E-state index contributed by atoms with van der Waals surface area (Å²) >= 11 is 2.78. The van der Waals surface area contributed by atoms with Gasteiger partial charge in [-0.05, 0) is 17.9 Å². The third-order valence-electron chi connectivity index (χ3n) is 4.22. The lowest BCUT2D eigenvalue weighted by Crippen LogP contribution is -2.50. The summed E-state index contributed by atoms with van der Waals surface area (Å²) in [6.07, 6.45) is 3.52. The Labute approximate surface area is 178 Å². The maximum atomic E-state index is 12.5. The Morgan fingerprint density at radius 2 is 1.90 bits per heavy atom. The highest BCUT2D eigenvalue weighted by molar-refractivity contribution is 7.99. The minimum atomic E-state index is -3.51. The molecule has 0 atom stereocenters. The SMILES string of the molecule is CSCc1nnc(SCC(=O)N2CCN(S(=O)(=O)/C=C/c3ccccc3)CC2)o1. The first-order chi connectivity index (χ1) is 14.0. The van der Waals surface area contributed by atoms with E-state index >= 15 is 0 Å². The molecule has 1 fully saturated rings.